The largest absolute Gasteiger partial charge is 0.361 e. The first-order chi connectivity index (χ1) is 11.9. The Hall–Kier alpha value is -2.59. The third-order valence-electron chi connectivity index (χ3n) is 5.28. The monoisotopic (exact) mass is 316 g/mol. The third-order valence-corrected chi connectivity index (χ3v) is 5.28. The highest BCUT2D eigenvalue weighted by Crippen LogP contribution is 2.30. The van der Waals surface area contributed by atoms with Gasteiger partial charge in [-0.2, -0.15) is 5.10 Å². The number of nitrogens with zero attached hydrogens (tertiary/aromatic N) is 2. The summed E-state index contributed by atoms with van der Waals surface area (Å²) in [6.07, 6.45) is 5.27. The van der Waals surface area contributed by atoms with Crippen molar-refractivity contribution in [2.45, 2.75) is 18.9 Å². The number of hydrogen-bond acceptors (Lipinski definition) is 2. The van der Waals surface area contributed by atoms with Gasteiger partial charge >= 0.3 is 0 Å². The number of aromatic amines is 2. The van der Waals surface area contributed by atoms with Crippen LogP contribution in [0.3, 0.4) is 0 Å². The van der Waals surface area contributed by atoms with E-state index in [1.54, 1.807) is 0 Å². The van der Waals surface area contributed by atoms with Crippen LogP contribution in [0.4, 0.5) is 0 Å². The lowest BCUT2D eigenvalue weighted by atomic mass is 9.97. The second-order valence-electron chi connectivity index (χ2n) is 6.80. The van der Waals surface area contributed by atoms with Crippen LogP contribution in [0, 0.1) is 0 Å². The highest BCUT2D eigenvalue weighted by atomic mass is 15.1. The average molecular weight is 316 g/mol. The van der Waals surface area contributed by atoms with Gasteiger partial charge in [0.15, 0.2) is 0 Å². The fourth-order valence-corrected chi connectivity index (χ4v) is 3.96. The lowest BCUT2D eigenvalue weighted by Crippen LogP contribution is -2.19. The molecule has 0 radical (unpaired) electrons. The van der Waals surface area contributed by atoms with Crippen LogP contribution in [0.5, 0.6) is 0 Å². The normalized spacial score (nSPS) is 18.8. The fourth-order valence-electron chi connectivity index (χ4n) is 3.96. The Morgan fingerprint density at radius 3 is 3.08 bits per heavy atom. The number of likely N-dealkylation sites (tertiary alicyclic amines) is 1. The molecule has 4 nitrogen and oxygen atoms in total. The molecule has 0 amide bonds. The van der Waals surface area contributed by atoms with Crippen LogP contribution in [0.2, 0.25) is 0 Å². The minimum Gasteiger partial charge on any atom is -0.361 e. The van der Waals surface area contributed by atoms with Crippen molar-refractivity contribution >= 4 is 21.8 Å². The van der Waals surface area contributed by atoms with Gasteiger partial charge < -0.3 is 4.98 Å². The van der Waals surface area contributed by atoms with Crippen LogP contribution in [0.1, 0.15) is 23.5 Å². The maximum absolute atomic E-state index is 4.12. The standard InChI is InChI=1S/C20H20N4/c1-2-4-19-18(3-1)17(10-21-19)13-24-8-7-16(12-24)14-5-6-15-11-22-23-20(15)9-14/h1-6,9-11,16,21H,7-8,12-13H2,(H,22,23). The first-order valence-electron chi connectivity index (χ1n) is 8.57. The number of benzene rings is 2. The van der Waals surface area contributed by atoms with E-state index >= 15 is 0 Å². The molecular weight excluding hydrogens is 296 g/mol. The molecule has 0 spiro atoms. The van der Waals surface area contributed by atoms with E-state index in [2.05, 4.69) is 68.7 Å². The molecule has 2 N–H and O–H groups in total. The van der Waals surface area contributed by atoms with Crippen LogP contribution < -0.4 is 0 Å². The van der Waals surface area contributed by atoms with Crippen LogP contribution in [-0.2, 0) is 6.54 Å². The lowest BCUT2D eigenvalue weighted by molar-refractivity contribution is 0.328. The summed E-state index contributed by atoms with van der Waals surface area (Å²) < 4.78 is 0. The van der Waals surface area contributed by atoms with Gasteiger partial charge in [0, 0.05) is 35.6 Å². The summed E-state index contributed by atoms with van der Waals surface area (Å²) in [6.45, 7) is 3.30. The van der Waals surface area contributed by atoms with Crippen molar-refractivity contribution in [1.29, 1.82) is 0 Å². The molecule has 5 rings (SSSR count). The van der Waals surface area contributed by atoms with E-state index < -0.39 is 0 Å². The zero-order valence-corrected chi connectivity index (χ0v) is 13.5. The smallest absolute Gasteiger partial charge is 0.0653 e. The average Bonchev–Trinajstić information content (AvgIpc) is 3.34. The lowest BCUT2D eigenvalue weighted by Gasteiger charge is -2.16. The minimum atomic E-state index is 0.614. The summed E-state index contributed by atoms with van der Waals surface area (Å²) in [4.78, 5) is 5.95. The first-order valence-corrected chi connectivity index (χ1v) is 8.57. The van der Waals surface area contributed by atoms with Gasteiger partial charge in [-0.05, 0) is 42.1 Å². The SMILES string of the molecule is c1ccc2c(CN3CCC(c4ccc5cn[nH]c5c4)C3)c[nH]c2c1. The van der Waals surface area contributed by atoms with Crippen molar-refractivity contribution in [3.8, 4) is 0 Å². The van der Waals surface area contributed by atoms with Crippen molar-refractivity contribution in [1.82, 2.24) is 20.1 Å². The molecule has 1 unspecified atom stereocenters. The van der Waals surface area contributed by atoms with E-state index in [1.807, 2.05) is 6.20 Å². The molecule has 1 atom stereocenters. The number of H-pyrrole nitrogens is 2. The topological polar surface area (TPSA) is 47.7 Å². The van der Waals surface area contributed by atoms with E-state index in [0.29, 0.717) is 5.92 Å². The van der Waals surface area contributed by atoms with Gasteiger partial charge in [-0.25, -0.2) is 0 Å². The van der Waals surface area contributed by atoms with Crippen LogP contribution in [0.15, 0.2) is 54.9 Å². The van der Waals surface area contributed by atoms with Crippen molar-refractivity contribution in [2.75, 3.05) is 13.1 Å². The molecule has 24 heavy (non-hydrogen) atoms. The highest BCUT2D eigenvalue weighted by molar-refractivity contribution is 5.83. The van der Waals surface area contributed by atoms with Crippen molar-refractivity contribution in [3.63, 3.8) is 0 Å². The molecular formula is C20H20N4. The molecule has 2 aromatic heterocycles. The van der Waals surface area contributed by atoms with E-state index in [9.17, 15) is 0 Å². The van der Waals surface area contributed by atoms with Gasteiger partial charge in [0.25, 0.3) is 0 Å². The molecule has 1 fully saturated rings. The second-order valence-corrected chi connectivity index (χ2v) is 6.80. The molecule has 2 aromatic carbocycles. The second kappa shape index (κ2) is 5.49. The molecule has 1 aliphatic heterocycles. The first kappa shape index (κ1) is 13.8. The maximum Gasteiger partial charge on any atom is 0.0653 e. The number of rotatable bonds is 3. The molecule has 120 valence electrons. The van der Waals surface area contributed by atoms with Gasteiger partial charge in [-0.1, -0.05) is 30.3 Å². The van der Waals surface area contributed by atoms with Gasteiger partial charge in [-0.15, -0.1) is 0 Å². The predicted molar refractivity (Wildman–Crippen MR) is 97.0 cm³/mol. The number of fused-ring (bicyclic) bond motifs is 2. The summed E-state index contributed by atoms with van der Waals surface area (Å²) in [7, 11) is 0. The van der Waals surface area contributed by atoms with E-state index in [1.165, 1.54) is 33.8 Å². The Kier molecular flexibility index (Phi) is 3.16. The molecule has 1 aliphatic rings. The molecule has 0 saturated carbocycles. The predicted octanol–water partition coefficient (Wildman–Crippen LogP) is 4.03. The fraction of sp³-hybridized carbons (Fsp3) is 0.250. The summed E-state index contributed by atoms with van der Waals surface area (Å²) in [5, 5.41) is 9.74. The molecule has 1 saturated heterocycles. The number of aromatic nitrogens is 3. The Bertz CT molecular complexity index is 997. The molecule has 0 bridgehead atoms. The van der Waals surface area contributed by atoms with E-state index in [-0.39, 0.29) is 0 Å². The zero-order valence-electron chi connectivity index (χ0n) is 13.5. The number of para-hydroxylation sites is 1. The molecule has 0 aliphatic carbocycles. The summed E-state index contributed by atoms with van der Waals surface area (Å²) in [5.74, 6) is 0.614. The summed E-state index contributed by atoms with van der Waals surface area (Å²) >= 11 is 0. The van der Waals surface area contributed by atoms with Gasteiger partial charge in [0.05, 0.1) is 11.7 Å². The van der Waals surface area contributed by atoms with Gasteiger partial charge in [-0.3, -0.25) is 10.00 Å². The molecule has 4 heteroatoms. The third kappa shape index (κ3) is 2.31. The van der Waals surface area contributed by atoms with E-state index in [4.69, 9.17) is 0 Å². The molecule has 3 heterocycles. The van der Waals surface area contributed by atoms with Crippen LogP contribution >= 0.6 is 0 Å². The number of hydrogen-bond donors (Lipinski definition) is 2. The minimum absolute atomic E-state index is 0.614. The number of nitrogens with one attached hydrogen (secondary N) is 2. The van der Waals surface area contributed by atoms with Crippen molar-refractivity contribution in [2.24, 2.45) is 0 Å². The molecule has 4 aromatic rings. The highest BCUT2D eigenvalue weighted by Gasteiger charge is 2.24. The van der Waals surface area contributed by atoms with Crippen LogP contribution in [0.25, 0.3) is 21.8 Å². The van der Waals surface area contributed by atoms with Gasteiger partial charge in [0.1, 0.15) is 0 Å². The summed E-state index contributed by atoms with van der Waals surface area (Å²) in [6, 6.07) is 15.3. The Morgan fingerprint density at radius 1 is 1.12 bits per heavy atom. The Morgan fingerprint density at radius 2 is 2.08 bits per heavy atom. The Labute approximate surface area is 140 Å². The van der Waals surface area contributed by atoms with Crippen molar-refractivity contribution < 1.29 is 0 Å². The van der Waals surface area contributed by atoms with Gasteiger partial charge in [0.2, 0.25) is 0 Å². The van der Waals surface area contributed by atoms with Crippen molar-refractivity contribution in [3.05, 3.63) is 66.0 Å². The zero-order chi connectivity index (χ0) is 15.9. The van der Waals surface area contributed by atoms with E-state index in [0.717, 1.165) is 25.2 Å². The van der Waals surface area contributed by atoms with Crippen LogP contribution in [-0.4, -0.2) is 33.2 Å². The summed E-state index contributed by atoms with van der Waals surface area (Å²) in [5.41, 5.74) is 5.19. The Balaban J connectivity index is 1.35. The maximum atomic E-state index is 4.12. The quantitative estimate of drug-likeness (QED) is 0.599.